The summed E-state index contributed by atoms with van der Waals surface area (Å²) in [5.74, 6) is 0. The Bertz CT molecular complexity index is 418. The lowest BCUT2D eigenvalue weighted by molar-refractivity contribution is 0.0178. The van der Waals surface area contributed by atoms with Gasteiger partial charge in [-0.05, 0) is 23.8 Å². The second kappa shape index (κ2) is 9.38. The molecule has 2 nitrogen and oxygen atoms in total. The van der Waals surface area contributed by atoms with Gasteiger partial charge in [0, 0.05) is 35.7 Å². The number of piperazine rings is 1. The van der Waals surface area contributed by atoms with Crippen molar-refractivity contribution in [3.8, 4) is 0 Å². The van der Waals surface area contributed by atoms with Crippen molar-refractivity contribution >= 4 is 52.3 Å². The van der Waals surface area contributed by atoms with E-state index in [4.69, 9.17) is 11.6 Å². The molecule has 1 aliphatic rings. The summed E-state index contributed by atoms with van der Waals surface area (Å²) >= 11 is 9.24. The van der Waals surface area contributed by atoms with Crippen molar-refractivity contribution in [1.29, 1.82) is 0 Å². The number of rotatable bonds is 3. The summed E-state index contributed by atoms with van der Waals surface area (Å²) in [5, 5.41) is 3.64. The molecule has 1 aliphatic heterocycles. The van der Waals surface area contributed by atoms with Crippen LogP contribution in [0.15, 0.2) is 22.7 Å². The fourth-order valence-corrected chi connectivity index (χ4v) is 2.86. The number of halogens is 6. The fraction of sp³-hybridized carbons (Fsp3) is 0.500. The van der Waals surface area contributed by atoms with Crippen molar-refractivity contribution in [3.63, 3.8) is 0 Å². The van der Waals surface area contributed by atoms with E-state index in [2.05, 4.69) is 21.2 Å². The average Bonchev–Trinajstić information content (AvgIpc) is 2.35. The molecule has 0 aromatic heterocycles. The van der Waals surface area contributed by atoms with Gasteiger partial charge in [-0.3, -0.25) is 4.90 Å². The highest BCUT2D eigenvalue weighted by Crippen LogP contribution is 2.34. The first-order valence-electron chi connectivity index (χ1n) is 5.77. The number of hydrogen-bond acceptors (Lipinski definition) is 2. The molecular weight excluding hydrogens is 396 g/mol. The maximum atomic E-state index is 13.4. The zero-order chi connectivity index (χ0) is 13.1. The summed E-state index contributed by atoms with van der Waals surface area (Å²) < 4.78 is 27.4. The molecule has 0 spiro atoms. The lowest BCUT2D eigenvalue weighted by atomic mass is 10.0. The van der Waals surface area contributed by atoms with Gasteiger partial charge in [0.15, 0.2) is 0 Å². The fourth-order valence-electron chi connectivity index (χ4n) is 2.19. The van der Waals surface area contributed by atoms with Crippen LogP contribution in [0.2, 0.25) is 5.02 Å². The van der Waals surface area contributed by atoms with Crippen molar-refractivity contribution < 1.29 is 8.78 Å². The highest BCUT2D eigenvalue weighted by molar-refractivity contribution is 9.10. The molecule has 0 saturated carbocycles. The molecule has 20 heavy (non-hydrogen) atoms. The highest BCUT2D eigenvalue weighted by atomic mass is 79.9. The first-order valence-corrected chi connectivity index (χ1v) is 6.94. The first-order chi connectivity index (χ1) is 8.59. The molecule has 1 fully saturated rings. The van der Waals surface area contributed by atoms with E-state index in [1.165, 1.54) is 0 Å². The van der Waals surface area contributed by atoms with E-state index in [-0.39, 0.29) is 24.8 Å². The molecule has 0 aliphatic carbocycles. The van der Waals surface area contributed by atoms with Crippen LogP contribution in [-0.2, 0) is 0 Å². The second-order valence-corrected chi connectivity index (χ2v) is 5.52. The Kier molecular flexibility index (Phi) is 9.55. The van der Waals surface area contributed by atoms with E-state index in [1.807, 2.05) is 0 Å². The molecule has 1 atom stereocenters. The smallest absolute Gasteiger partial charge is 0.258 e. The van der Waals surface area contributed by atoms with Gasteiger partial charge in [0.05, 0.1) is 6.04 Å². The molecule has 2 rings (SSSR count). The summed E-state index contributed by atoms with van der Waals surface area (Å²) in [4.78, 5) is 1.80. The topological polar surface area (TPSA) is 15.3 Å². The van der Waals surface area contributed by atoms with E-state index >= 15 is 0 Å². The van der Waals surface area contributed by atoms with Gasteiger partial charge in [0.1, 0.15) is 0 Å². The lowest BCUT2D eigenvalue weighted by Crippen LogP contribution is -2.47. The summed E-state index contributed by atoms with van der Waals surface area (Å²) in [7, 11) is 0. The van der Waals surface area contributed by atoms with E-state index < -0.39 is 12.5 Å². The molecule has 0 unspecified atom stereocenters. The minimum atomic E-state index is -2.43. The molecule has 0 bridgehead atoms. The predicted molar refractivity (Wildman–Crippen MR) is 86.8 cm³/mol. The van der Waals surface area contributed by atoms with Crippen LogP contribution in [0.25, 0.3) is 0 Å². The Labute approximate surface area is 143 Å². The van der Waals surface area contributed by atoms with Gasteiger partial charge in [0.2, 0.25) is 0 Å². The molecule has 1 aromatic rings. The van der Waals surface area contributed by atoms with Crippen LogP contribution in [-0.4, -0.2) is 37.5 Å². The van der Waals surface area contributed by atoms with Crippen molar-refractivity contribution in [2.45, 2.75) is 12.5 Å². The van der Waals surface area contributed by atoms with Crippen LogP contribution < -0.4 is 5.32 Å². The summed E-state index contributed by atoms with van der Waals surface area (Å²) in [6.07, 6.45) is -2.43. The second-order valence-electron chi connectivity index (χ2n) is 4.23. The Morgan fingerprint density at radius 2 is 1.80 bits per heavy atom. The number of nitrogens with zero attached hydrogens (tertiary/aromatic N) is 1. The van der Waals surface area contributed by atoms with Crippen LogP contribution >= 0.6 is 52.3 Å². The Balaban J connectivity index is 0.00000180. The minimum absolute atomic E-state index is 0. The van der Waals surface area contributed by atoms with Gasteiger partial charge in [-0.15, -0.1) is 24.8 Å². The van der Waals surface area contributed by atoms with E-state index in [0.29, 0.717) is 28.1 Å². The van der Waals surface area contributed by atoms with Gasteiger partial charge in [-0.2, -0.15) is 0 Å². The number of nitrogens with one attached hydrogen (secondary N) is 1. The molecule has 116 valence electrons. The molecular formula is C12H16BrCl3F2N2. The SMILES string of the molecule is Cl.Cl.FC(F)[C@H](c1cc(Cl)ccc1Br)N1CCNCC1. The van der Waals surface area contributed by atoms with Crippen molar-refractivity contribution in [3.05, 3.63) is 33.3 Å². The van der Waals surface area contributed by atoms with Crippen molar-refractivity contribution in [2.24, 2.45) is 0 Å². The normalized spacial score (nSPS) is 17.2. The van der Waals surface area contributed by atoms with Crippen LogP contribution in [0.4, 0.5) is 8.78 Å². The maximum Gasteiger partial charge on any atom is 0.258 e. The quantitative estimate of drug-likeness (QED) is 0.802. The van der Waals surface area contributed by atoms with Gasteiger partial charge in [0.25, 0.3) is 6.43 Å². The zero-order valence-corrected chi connectivity index (χ0v) is 14.5. The third-order valence-corrected chi connectivity index (χ3v) is 4.02. The molecule has 1 aromatic carbocycles. The summed E-state index contributed by atoms with van der Waals surface area (Å²) in [6, 6.07) is 4.12. The van der Waals surface area contributed by atoms with Crippen LogP contribution in [0.1, 0.15) is 11.6 Å². The van der Waals surface area contributed by atoms with Crippen LogP contribution in [0, 0.1) is 0 Å². The standard InChI is InChI=1S/C12H14BrClF2N2.2ClH/c13-10-2-1-8(14)7-9(10)11(12(15)16)18-5-3-17-4-6-18;;/h1-2,7,11-12,17H,3-6H2;2*1H/t11-;;/m0../s1. The lowest BCUT2D eigenvalue weighted by Gasteiger charge is -2.35. The predicted octanol–water partition coefficient (Wildman–Crippen LogP) is 4.16. The Morgan fingerprint density at radius 3 is 2.35 bits per heavy atom. The number of alkyl halides is 2. The number of hydrogen-bond donors (Lipinski definition) is 1. The molecule has 0 radical (unpaired) electrons. The van der Waals surface area contributed by atoms with Crippen molar-refractivity contribution in [2.75, 3.05) is 26.2 Å². The van der Waals surface area contributed by atoms with Crippen LogP contribution in [0.3, 0.4) is 0 Å². The third kappa shape index (κ3) is 4.97. The molecule has 1 N–H and O–H groups in total. The van der Waals surface area contributed by atoms with Gasteiger partial charge < -0.3 is 5.32 Å². The summed E-state index contributed by atoms with van der Waals surface area (Å²) in [5.41, 5.74) is 0.555. The molecule has 0 amide bonds. The Hall–Kier alpha value is 0.350. The zero-order valence-electron chi connectivity index (χ0n) is 10.5. The van der Waals surface area contributed by atoms with E-state index in [0.717, 1.165) is 13.1 Å². The van der Waals surface area contributed by atoms with Gasteiger partial charge in [-0.25, -0.2) is 8.78 Å². The minimum Gasteiger partial charge on any atom is -0.314 e. The van der Waals surface area contributed by atoms with Crippen molar-refractivity contribution in [1.82, 2.24) is 10.2 Å². The van der Waals surface area contributed by atoms with E-state index in [1.54, 1.807) is 23.1 Å². The molecule has 8 heteroatoms. The summed E-state index contributed by atoms with van der Waals surface area (Å²) in [6.45, 7) is 2.71. The van der Waals surface area contributed by atoms with Gasteiger partial charge >= 0.3 is 0 Å². The third-order valence-electron chi connectivity index (χ3n) is 3.06. The maximum absolute atomic E-state index is 13.4. The van der Waals surface area contributed by atoms with Gasteiger partial charge in [-0.1, -0.05) is 27.5 Å². The first kappa shape index (κ1) is 20.3. The highest BCUT2D eigenvalue weighted by Gasteiger charge is 2.31. The van der Waals surface area contributed by atoms with E-state index in [9.17, 15) is 8.78 Å². The average molecular weight is 413 g/mol. The molecule has 1 saturated heterocycles. The monoisotopic (exact) mass is 410 g/mol. The number of benzene rings is 1. The van der Waals surface area contributed by atoms with Crippen LogP contribution in [0.5, 0.6) is 0 Å². The Morgan fingerprint density at radius 1 is 1.20 bits per heavy atom. The largest absolute Gasteiger partial charge is 0.314 e. The molecule has 1 heterocycles.